The lowest BCUT2D eigenvalue weighted by Crippen LogP contribution is -2.36. The summed E-state index contributed by atoms with van der Waals surface area (Å²) in [6.07, 6.45) is 0.606. The standard InChI is InChI=1S/C15H16O5S/c1-8-2-4-10(5-3-8)21(17,18)20-13-9-6-11-12(7-9)15(16)19-14(11)13/h2-5,9,11-14H,6-7H2,1H3/t9-,11-,12+,13-,14-/m0/s1. The molecule has 2 bridgehead atoms. The molecule has 1 aromatic carbocycles. The molecule has 0 radical (unpaired) electrons. The summed E-state index contributed by atoms with van der Waals surface area (Å²) in [5, 5.41) is 0. The van der Waals surface area contributed by atoms with E-state index in [2.05, 4.69) is 0 Å². The second-order valence-corrected chi connectivity index (χ2v) is 7.80. The van der Waals surface area contributed by atoms with Crippen LogP contribution < -0.4 is 0 Å². The number of ether oxygens (including phenoxy) is 1. The number of aryl methyl sites for hydroxylation is 1. The van der Waals surface area contributed by atoms with Gasteiger partial charge in [-0.1, -0.05) is 17.7 Å². The van der Waals surface area contributed by atoms with Gasteiger partial charge < -0.3 is 4.74 Å². The number of fused-ring (bicyclic) bond motifs is 1. The Morgan fingerprint density at radius 1 is 1.19 bits per heavy atom. The third kappa shape index (κ3) is 1.92. The van der Waals surface area contributed by atoms with Crippen molar-refractivity contribution >= 4 is 16.1 Å². The molecule has 112 valence electrons. The molecule has 0 unspecified atom stereocenters. The highest BCUT2D eigenvalue weighted by molar-refractivity contribution is 7.86. The van der Waals surface area contributed by atoms with Gasteiger partial charge in [-0.15, -0.1) is 0 Å². The quantitative estimate of drug-likeness (QED) is 0.627. The SMILES string of the molecule is Cc1ccc(S(=O)(=O)O[C@H]2[C@H]3C[C@@H]4[C@@H]2OC(=O)[C@@H]4C3)cc1. The van der Waals surface area contributed by atoms with Crippen LogP contribution in [0.5, 0.6) is 0 Å². The van der Waals surface area contributed by atoms with E-state index in [1.807, 2.05) is 6.92 Å². The van der Waals surface area contributed by atoms with Crippen LogP contribution in [-0.4, -0.2) is 26.6 Å². The lowest BCUT2D eigenvalue weighted by atomic mass is 9.88. The zero-order chi connectivity index (χ0) is 14.8. The molecule has 1 aromatic rings. The number of hydrogen-bond acceptors (Lipinski definition) is 5. The summed E-state index contributed by atoms with van der Waals surface area (Å²) in [5.74, 6) is 0.0191. The maximum atomic E-state index is 12.4. The van der Waals surface area contributed by atoms with E-state index in [1.54, 1.807) is 24.3 Å². The van der Waals surface area contributed by atoms with Gasteiger partial charge >= 0.3 is 5.97 Å². The van der Waals surface area contributed by atoms with Gasteiger partial charge in [-0.2, -0.15) is 8.42 Å². The van der Waals surface area contributed by atoms with Gasteiger partial charge in [-0.25, -0.2) is 0 Å². The molecule has 3 fully saturated rings. The molecule has 1 saturated heterocycles. The van der Waals surface area contributed by atoms with E-state index in [9.17, 15) is 13.2 Å². The van der Waals surface area contributed by atoms with Gasteiger partial charge in [0.25, 0.3) is 10.1 Å². The van der Waals surface area contributed by atoms with Gasteiger partial charge in [0, 0.05) is 5.92 Å². The fourth-order valence-electron chi connectivity index (χ4n) is 3.94. The van der Waals surface area contributed by atoms with Crippen LogP contribution in [0.25, 0.3) is 0 Å². The Morgan fingerprint density at radius 3 is 2.62 bits per heavy atom. The van der Waals surface area contributed by atoms with Gasteiger partial charge in [0.1, 0.15) is 12.2 Å². The maximum absolute atomic E-state index is 12.4. The molecule has 0 N–H and O–H groups in total. The first kappa shape index (κ1) is 13.3. The summed E-state index contributed by atoms with van der Waals surface area (Å²) in [4.78, 5) is 11.8. The van der Waals surface area contributed by atoms with Crippen molar-refractivity contribution in [3.8, 4) is 0 Å². The van der Waals surface area contributed by atoms with Crippen molar-refractivity contribution < 1.29 is 22.1 Å². The van der Waals surface area contributed by atoms with Crippen LogP contribution in [0, 0.1) is 24.7 Å². The molecule has 0 aromatic heterocycles. The normalized spacial score (nSPS) is 37.0. The predicted molar refractivity (Wildman–Crippen MR) is 72.8 cm³/mol. The number of esters is 1. The third-order valence-corrected chi connectivity index (χ3v) is 6.29. The monoisotopic (exact) mass is 308 g/mol. The smallest absolute Gasteiger partial charge is 0.309 e. The summed E-state index contributed by atoms with van der Waals surface area (Å²) >= 11 is 0. The second kappa shape index (κ2) is 4.30. The highest BCUT2D eigenvalue weighted by Crippen LogP contribution is 2.55. The van der Waals surface area contributed by atoms with Gasteiger partial charge in [-0.05, 0) is 37.8 Å². The van der Waals surface area contributed by atoms with E-state index in [-0.39, 0.29) is 34.7 Å². The average molecular weight is 308 g/mol. The third-order valence-electron chi connectivity index (χ3n) is 4.96. The molecule has 3 aliphatic rings. The van der Waals surface area contributed by atoms with E-state index < -0.39 is 16.2 Å². The number of carbonyl (C=O) groups excluding carboxylic acids is 1. The molecule has 1 aliphatic heterocycles. The van der Waals surface area contributed by atoms with Crippen molar-refractivity contribution in [3.05, 3.63) is 29.8 Å². The number of carbonyl (C=O) groups is 1. The van der Waals surface area contributed by atoms with Crippen LogP contribution in [0.3, 0.4) is 0 Å². The molecule has 21 heavy (non-hydrogen) atoms. The number of benzene rings is 1. The van der Waals surface area contributed by atoms with E-state index >= 15 is 0 Å². The van der Waals surface area contributed by atoms with Crippen molar-refractivity contribution in [2.75, 3.05) is 0 Å². The van der Waals surface area contributed by atoms with E-state index in [4.69, 9.17) is 8.92 Å². The molecule has 1 heterocycles. The predicted octanol–water partition coefficient (Wildman–Crippen LogP) is 1.65. The van der Waals surface area contributed by atoms with Gasteiger partial charge in [0.15, 0.2) is 0 Å². The molecule has 2 saturated carbocycles. The van der Waals surface area contributed by atoms with Gasteiger partial charge in [0.05, 0.1) is 10.8 Å². The molecule has 6 heteroatoms. The van der Waals surface area contributed by atoms with Crippen LogP contribution in [0.2, 0.25) is 0 Å². The molecule has 0 spiro atoms. The summed E-state index contributed by atoms with van der Waals surface area (Å²) in [5.41, 5.74) is 0.987. The fraction of sp³-hybridized carbons (Fsp3) is 0.533. The van der Waals surface area contributed by atoms with Crippen molar-refractivity contribution in [1.82, 2.24) is 0 Å². The van der Waals surface area contributed by atoms with E-state index in [0.717, 1.165) is 12.0 Å². The van der Waals surface area contributed by atoms with Crippen LogP contribution in [-0.2, 0) is 23.8 Å². The molecular weight excluding hydrogens is 292 g/mol. The van der Waals surface area contributed by atoms with Crippen LogP contribution in [0.1, 0.15) is 18.4 Å². The zero-order valence-corrected chi connectivity index (χ0v) is 12.4. The van der Waals surface area contributed by atoms with Gasteiger partial charge in [-0.3, -0.25) is 8.98 Å². The lowest BCUT2D eigenvalue weighted by molar-refractivity contribution is -0.145. The van der Waals surface area contributed by atoms with Crippen LogP contribution in [0.4, 0.5) is 0 Å². The highest BCUT2D eigenvalue weighted by atomic mass is 32.2. The van der Waals surface area contributed by atoms with Crippen molar-refractivity contribution in [2.45, 2.75) is 36.9 Å². The summed E-state index contributed by atoms with van der Waals surface area (Å²) in [6, 6.07) is 6.56. The summed E-state index contributed by atoms with van der Waals surface area (Å²) in [6.45, 7) is 1.89. The largest absolute Gasteiger partial charge is 0.459 e. The molecule has 0 amide bonds. The first-order valence-electron chi connectivity index (χ1n) is 7.16. The van der Waals surface area contributed by atoms with Crippen LogP contribution >= 0.6 is 0 Å². The Kier molecular flexibility index (Phi) is 2.72. The summed E-state index contributed by atoms with van der Waals surface area (Å²) < 4.78 is 35.5. The molecule has 5 nitrogen and oxygen atoms in total. The van der Waals surface area contributed by atoms with E-state index in [1.165, 1.54) is 0 Å². The number of hydrogen-bond donors (Lipinski definition) is 0. The first-order valence-corrected chi connectivity index (χ1v) is 8.57. The Bertz CT molecular complexity index is 693. The molecule has 5 atom stereocenters. The van der Waals surface area contributed by atoms with Gasteiger partial charge in [0.2, 0.25) is 0 Å². The minimum atomic E-state index is -3.82. The minimum absolute atomic E-state index is 0.0399. The highest BCUT2D eigenvalue weighted by Gasteiger charge is 2.63. The Morgan fingerprint density at radius 2 is 1.90 bits per heavy atom. The lowest BCUT2D eigenvalue weighted by Gasteiger charge is -2.24. The average Bonchev–Trinajstić information content (AvgIpc) is 3.04. The van der Waals surface area contributed by atoms with E-state index in [0.29, 0.717) is 6.42 Å². The molecule has 2 aliphatic carbocycles. The maximum Gasteiger partial charge on any atom is 0.309 e. The Labute approximate surface area is 123 Å². The Hall–Kier alpha value is -1.40. The zero-order valence-electron chi connectivity index (χ0n) is 11.6. The first-order chi connectivity index (χ1) is 9.95. The Balaban J connectivity index is 1.59. The van der Waals surface area contributed by atoms with Crippen molar-refractivity contribution in [1.29, 1.82) is 0 Å². The summed E-state index contributed by atoms with van der Waals surface area (Å²) in [7, 11) is -3.82. The van der Waals surface area contributed by atoms with Crippen molar-refractivity contribution in [3.63, 3.8) is 0 Å². The molecular formula is C15H16O5S. The van der Waals surface area contributed by atoms with Crippen molar-refractivity contribution in [2.24, 2.45) is 17.8 Å². The number of rotatable bonds is 3. The second-order valence-electron chi connectivity index (χ2n) is 6.23. The minimum Gasteiger partial charge on any atom is -0.459 e. The topological polar surface area (TPSA) is 69.7 Å². The van der Waals surface area contributed by atoms with Crippen LogP contribution in [0.15, 0.2) is 29.2 Å². The molecule has 4 rings (SSSR count). The fourth-order valence-corrected chi connectivity index (χ4v) is 5.08.